The van der Waals surface area contributed by atoms with Crippen LogP contribution in [0, 0.1) is 5.41 Å². The van der Waals surface area contributed by atoms with Crippen molar-refractivity contribution in [3.8, 4) is 0 Å². The van der Waals surface area contributed by atoms with Crippen LogP contribution in [-0.2, 0) is 6.54 Å². The van der Waals surface area contributed by atoms with Gasteiger partial charge in [-0.05, 0) is 5.41 Å². The van der Waals surface area contributed by atoms with Crippen LogP contribution in [0.15, 0.2) is 5.38 Å². The quantitative estimate of drug-likeness (QED) is 0.552. The molecule has 0 bridgehead atoms. The molecule has 0 saturated carbocycles. The number of amides is 1. The summed E-state index contributed by atoms with van der Waals surface area (Å²) in [6.45, 7) is 7.96. The summed E-state index contributed by atoms with van der Waals surface area (Å²) >= 11 is 1.40. The van der Waals surface area contributed by atoms with Gasteiger partial charge in [-0.25, -0.2) is 10.5 Å². The summed E-state index contributed by atoms with van der Waals surface area (Å²) in [6, 6.07) is 0. The molecule has 0 aromatic carbocycles. The fourth-order valence-corrected chi connectivity index (χ4v) is 1.84. The molecular weight excluding hydrogens is 226 g/mol. The minimum Gasteiger partial charge on any atom is -0.310 e. The molecule has 0 unspecified atom stereocenters. The number of hydroxylamine groups is 1. The molecule has 3 N–H and O–H groups in total. The van der Waals surface area contributed by atoms with Crippen LogP contribution in [0.1, 0.15) is 36.3 Å². The molecule has 90 valence electrons. The summed E-state index contributed by atoms with van der Waals surface area (Å²) in [5.74, 6) is -0.571. The lowest BCUT2D eigenvalue weighted by Gasteiger charge is -2.18. The smallest absolute Gasteiger partial charge is 0.294 e. The third kappa shape index (κ3) is 4.26. The van der Waals surface area contributed by atoms with Gasteiger partial charge in [-0.15, -0.1) is 11.3 Å². The van der Waals surface area contributed by atoms with Crippen LogP contribution in [0.25, 0.3) is 0 Å². The number of aromatic nitrogens is 1. The Morgan fingerprint density at radius 2 is 2.25 bits per heavy atom. The van der Waals surface area contributed by atoms with Crippen LogP contribution in [0.3, 0.4) is 0 Å². The Balaban J connectivity index is 2.44. The first kappa shape index (κ1) is 13.1. The predicted molar refractivity (Wildman–Crippen MR) is 62.5 cm³/mol. The topological polar surface area (TPSA) is 74.2 Å². The van der Waals surface area contributed by atoms with Crippen LogP contribution in [0.5, 0.6) is 0 Å². The standard InChI is InChI=1S/C10H17N3O2S/c1-10(2,3)6-11-4-8-12-7(5-16-8)9(14)13-15/h5,11,15H,4,6H2,1-3H3,(H,13,14). The Labute approximate surface area is 98.9 Å². The molecule has 1 aromatic heterocycles. The van der Waals surface area contributed by atoms with Crippen molar-refractivity contribution in [1.82, 2.24) is 15.8 Å². The van der Waals surface area contributed by atoms with Gasteiger partial charge in [0.15, 0.2) is 0 Å². The van der Waals surface area contributed by atoms with Gasteiger partial charge >= 0.3 is 0 Å². The Hall–Kier alpha value is -0.980. The van der Waals surface area contributed by atoms with Crippen molar-refractivity contribution in [2.75, 3.05) is 6.54 Å². The van der Waals surface area contributed by atoms with Crippen molar-refractivity contribution in [3.63, 3.8) is 0 Å². The summed E-state index contributed by atoms with van der Waals surface area (Å²) in [7, 11) is 0. The normalized spacial score (nSPS) is 11.5. The Morgan fingerprint density at radius 1 is 1.56 bits per heavy atom. The van der Waals surface area contributed by atoms with E-state index in [1.807, 2.05) is 0 Å². The summed E-state index contributed by atoms with van der Waals surface area (Å²) < 4.78 is 0. The fraction of sp³-hybridized carbons (Fsp3) is 0.600. The molecule has 0 spiro atoms. The van der Waals surface area contributed by atoms with Crippen LogP contribution < -0.4 is 10.8 Å². The molecule has 0 aliphatic carbocycles. The summed E-state index contributed by atoms with van der Waals surface area (Å²) in [5.41, 5.74) is 2.03. The highest BCUT2D eigenvalue weighted by Gasteiger charge is 2.11. The zero-order valence-corrected chi connectivity index (χ0v) is 10.5. The third-order valence-electron chi connectivity index (χ3n) is 1.82. The van der Waals surface area contributed by atoms with Crippen molar-refractivity contribution in [2.24, 2.45) is 5.41 Å². The van der Waals surface area contributed by atoms with E-state index in [1.165, 1.54) is 11.3 Å². The molecule has 1 rings (SSSR count). The maximum atomic E-state index is 11.0. The van der Waals surface area contributed by atoms with Gasteiger partial charge in [-0.1, -0.05) is 20.8 Å². The number of nitrogens with zero attached hydrogens (tertiary/aromatic N) is 1. The largest absolute Gasteiger partial charge is 0.310 e. The molecule has 16 heavy (non-hydrogen) atoms. The molecule has 5 nitrogen and oxygen atoms in total. The average molecular weight is 243 g/mol. The minimum atomic E-state index is -0.571. The average Bonchev–Trinajstić information content (AvgIpc) is 2.63. The van der Waals surface area contributed by atoms with Gasteiger partial charge in [0.2, 0.25) is 0 Å². The first-order chi connectivity index (χ1) is 7.42. The third-order valence-corrected chi connectivity index (χ3v) is 2.67. The summed E-state index contributed by atoms with van der Waals surface area (Å²) in [4.78, 5) is 15.1. The van der Waals surface area contributed by atoms with E-state index in [2.05, 4.69) is 31.1 Å². The van der Waals surface area contributed by atoms with Gasteiger partial charge < -0.3 is 5.32 Å². The van der Waals surface area contributed by atoms with E-state index < -0.39 is 5.91 Å². The molecule has 0 saturated heterocycles. The Morgan fingerprint density at radius 3 is 2.81 bits per heavy atom. The van der Waals surface area contributed by atoms with Crippen molar-refractivity contribution in [1.29, 1.82) is 0 Å². The molecule has 0 radical (unpaired) electrons. The first-order valence-electron chi connectivity index (χ1n) is 5.02. The maximum Gasteiger partial charge on any atom is 0.294 e. The molecule has 0 atom stereocenters. The molecule has 0 aliphatic rings. The van der Waals surface area contributed by atoms with Crippen LogP contribution in [0.2, 0.25) is 0 Å². The molecule has 6 heteroatoms. The number of rotatable bonds is 4. The highest BCUT2D eigenvalue weighted by molar-refractivity contribution is 7.09. The highest BCUT2D eigenvalue weighted by Crippen LogP contribution is 2.12. The number of thiazole rings is 1. The van der Waals surface area contributed by atoms with E-state index in [9.17, 15) is 4.79 Å². The predicted octanol–water partition coefficient (Wildman–Crippen LogP) is 1.40. The minimum absolute atomic E-state index is 0.225. The zero-order valence-electron chi connectivity index (χ0n) is 9.70. The van der Waals surface area contributed by atoms with E-state index in [0.717, 1.165) is 11.6 Å². The fourth-order valence-electron chi connectivity index (χ4n) is 1.10. The molecule has 0 fully saturated rings. The molecule has 1 amide bonds. The number of hydrogen-bond acceptors (Lipinski definition) is 5. The van der Waals surface area contributed by atoms with E-state index in [1.54, 1.807) is 10.9 Å². The Kier molecular flexibility index (Phi) is 4.40. The molecular formula is C10H17N3O2S. The van der Waals surface area contributed by atoms with Gasteiger partial charge in [-0.3, -0.25) is 10.0 Å². The van der Waals surface area contributed by atoms with Crippen molar-refractivity contribution >= 4 is 17.2 Å². The van der Waals surface area contributed by atoms with Gasteiger partial charge in [-0.2, -0.15) is 0 Å². The van der Waals surface area contributed by atoms with Gasteiger partial charge in [0.25, 0.3) is 5.91 Å². The summed E-state index contributed by atoms with van der Waals surface area (Å²) in [5, 5.41) is 14.2. The van der Waals surface area contributed by atoms with Crippen molar-refractivity contribution in [3.05, 3.63) is 16.1 Å². The van der Waals surface area contributed by atoms with Crippen molar-refractivity contribution in [2.45, 2.75) is 27.3 Å². The first-order valence-corrected chi connectivity index (χ1v) is 5.90. The molecule has 1 aromatic rings. The second kappa shape index (κ2) is 5.38. The maximum absolute atomic E-state index is 11.0. The molecule has 1 heterocycles. The number of hydrogen-bond donors (Lipinski definition) is 3. The van der Waals surface area contributed by atoms with E-state index in [4.69, 9.17) is 5.21 Å². The lowest BCUT2D eigenvalue weighted by molar-refractivity contribution is 0.0701. The van der Waals surface area contributed by atoms with Gasteiger partial charge in [0.1, 0.15) is 10.7 Å². The van der Waals surface area contributed by atoms with Gasteiger partial charge in [0, 0.05) is 18.5 Å². The SMILES string of the molecule is CC(C)(C)CNCc1nc(C(=O)NO)cs1. The number of carbonyl (C=O) groups excluding carboxylic acids is 1. The van der Waals surface area contributed by atoms with Crippen molar-refractivity contribution < 1.29 is 10.0 Å². The van der Waals surface area contributed by atoms with E-state index in [0.29, 0.717) is 6.54 Å². The second-order valence-corrected chi connectivity index (χ2v) is 5.67. The lowest BCUT2D eigenvalue weighted by Crippen LogP contribution is -2.26. The van der Waals surface area contributed by atoms with E-state index >= 15 is 0 Å². The highest BCUT2D eigenvalue weighted by atomic mass is 32.1. The van der Waals surface area contributed by atoms with Crippen LogP contribution >= 0.6 is 11.3 Å². The van der Waals surface area contributed by atoms with Gasteiger partial charge in [0.05, 0.1) is 0 Å². The second-order valence-electron chi connectivity index (χ2n) is 4.73. The lowest BCUT2D eigenvalue weighted by atomic mass is 9.97. The van der Waals surface area contributed by atoms with Crippen LogP contribution in [0.4, 0.5) is 0 Å². The Bertz CT molecular complexity index is 357. The van der Waals surface area contributed by atoms with E-state index in [-0.39, 0.29) is 11.1 Å². The zero-order chi connectivity index (χ0) is 12.2. The number of nitrogens with one attached hydrogen (secondary N) is 2. The monoisotopic (exact) mass is 243 g/mol. The molecule has 0 aliphatic heterocycles. The number of carbonyl (C=O) groups is 1. The summed E-state index contributed by atoms with van der Waals surface area (Å²) in [6.07, 6.45) is 0. The van der Waals surface area contributed by atoms with Crippen LogP contribution in [-0.4, -0.2) is 22.6 Å².